The monoisotopic (exact) mass is 428 g/mol. The first kappa shape index (κ1) is 19.2. The molecule has 3 aromatic rings. The van der Waals surface area contributed by atoms with Crippen LogP contribution in [0.4, 0.5) is 10.5 Å². The Labute approximate surface area is 176 Å². The first-order chi connectivity index (χ1) is 13.9. The Morgan fingerprint density at radius 1 is 0.966 bits per heavy atom. The number of rotatable bonds is 3. The number of esters is 1. The number of imide groups is 1. The summed E-state index contributed by atoms with van der Waals surface area (Å²) < 4.78 is 5.49. The number of fused-ring (bicyclic) bond motifs is 1. The van der Waals surface area contributed by atoms with Crippen LogP contribution >= 0.6 is 23.2 Å². The number of halogens is 2. The molecule has 3 aromatic carbocycles. The van der Waals surface area contributed by atoms with Gasteiger partial charge in [0.25, 0.3) is 12.1 Å². The SMILES string of the molecule is CN1C(=O)C(OC(=O)c2cccc3ccccc23)N(c2ccc(Cl)c(Cl)c2)C1=O. The summed E-state index contributed by atoms with van der Waals surface area (Å²) in [6.45, 7) is 0. The summed E-state index contributed by atoms with van der Waals surface area (Å²) in [5.41, 5.74) is 0.588. The van der Waals surface area contributed by atoms with Crippen molar-refractivity contribution in [2.24, 2.45) is 0 Å². The third-order valence-corrected chi connectivity index (χ3v) is 5.42. The quantitative estimate of drug-likeness (QED) is 0.446. The van der Waals surface area contributed by atoms with E-state index in [2.05, 4.69) is 0 Å². The van der Waals surface area contributed by atoms with Gasteiger partial charge in [-0.3, -0.25) is 9.69 Å². The number of carbonyl (C=O) groups excluding carboxylic acids is 3. The molecule has 1 saturated heterocycles. The topological polar surface area (TPSA) is 66.9 Å². The molecule has 6 nitrogen and oxygen atoms in total. The van der Waals surface area contributed by atoms with Crippen molar-refractivity contribution in [3.05, 3.63) is 76.3 Å². The summed E-state index contributed by atoms with van der Waals surface area (Å²) >= 11 is 12.0. The number of likely N-dealkylation sites (N-methyl/N-ethyl adjacent to an activating group) is 1. The highest BCUT2D eigenvalue weighted by molar-refractivity contribution is 6.42. The number of amides is 3. The van der Waals surface area contributed by atoms with Gasteiger partial charge in [-0.2, -0.15) is 0 Å². The maximum atomic E-state index is 12.9. The molecule has 8 heteroatoms. The summed E-state index contributed by atoms with van der Waals surface area (Å²) in [5.74, 6) is -1.37. The number of hydrogen-bond donors (Lipinski definition) is 0. The second kappa shape index (κ2) is 7.39. The van der Waals surface area contributed by atoms with Gasteiger partial charge in [-0.25, -0.2) is 14.5 Å². The predicted molar refractivity (Wildman–Crippen MR) is 110 cm³/mol. The number of anilines is 1. The van der Waals surface area contributed by atoms with Gasteiger partial charge in [0.1, 0.15) is 0 Å². The van der Waals surface area contributed by atoms with E-state index in [4.69, 9.17) is 27.9 Å². The zero-order valence-corrected chi connectivity index (χ0v) is 16.6. The van der Waals surface area contributed by atoms with E-state index < -0.39 is 24.1 Å². The lowest BCUT2D eigenvalue weighted by Gasteiger charge is -2.22. The minimum Gasteiger partial charge on any atom is -0.428 e. The Bertz CT molecular complexity index is 1160. The van der Waals surface area contributed by atoms with Gasteiger partial charge >= 0.3 is 12.0 Å². The maximum absolute atomic E-state index is 12.9. The van der Waals surface area contributed by atoms with Crippen LogP contribution in [0.15, 0.2) is 60.7 Å². The van der Waals surface area contributed by atoms with Crippen LogP contribution in [0.5, 0.6) is 0 Å². The molecule has 0 spiro atoms. The molecule has 0 saturated carbocycles. The minimum absolute atomic E-state index is 0.207. The molecule has 1 heterocycles. The van der Waals surface area contributed by atoms with E-state index in [0.717, 1.165) is 15.2 Å². The van der Waals surface area contributed by atoms with Crippen molar-refractivity contribution in [3.63, 3.8) is 0 Å². The molecule has 1 aliphatic rings. The van der Waals surface area contributed by atoms with E-state index in [1.54, 1.807) is 24.3 Å². The molecule has 3 amide bonds. The van der Waals surface area contributed by atoms with E-state index >= 15 is 0 Å². The molecule has 0 aromatic heterocycles. The van der Waals surface area contributed by atoms with E-state index in [0.29, 0.717) is 16.0 Å². The molecule has 146 valence electrons. The first-order valence-corrected chi connectivity index (χ1v) is 9.38. The molecule has 1 unspecified atom stereocenters. The van der Waals surface area contributed by atoms with Crippen LogP contribution in [0, 0.1) is 0 Å². The highest BCUT2D eigenvalue weighted by Gasteiger charge is 2.47. The molecule has 1 atom stereocenters. The van der Waals surface area contributed by atoms with Gasteiger partial charge in [-0.15, -0.1) is 0 Å². The van der Waals surface area contributed by atoms with Gasteiger partial charge in [0.15, 0.2) is 0 Å². The fourth-order valence-electron chi connectivity index (χ4n) is 3.18. The Hall–Kier alpha value is -3.09. The molecule has 0 aliphatic carbocycles. The summed E-state index contributed by atoms with van der Waals surface area (Å²) in [6.07, 6.45) is -1.45. The Morgan fingerprint density at radius 3 is 2.45 bits per heavy atom. The second-order valence-electron chi connectivity index (χ2n) is 6.43. The van der Waals surface area contributed by atoms with Gasteiger partial charge in [-0.05, 0) is 35.0 Å². The Morgan fingerprint density at radius 2 is 1.69 bits per heavy atom. The van der Waals surface area contributed by atoms with Crippen LogP contribution in [0.2, 0.25) is 10.0 Å². The summed E-state index contributed by atoms with van der Waals surface area (Å²) in [4.78, 5) is 40.1. The number of urea groups is 1. The van der Waals surface area contributed by atoms with Gasteiger partial charge in [0, 0.05) is 7.05 Å². The minimum atomic E-state index is -1.45. The lowest BCUT2D eigenvalue weighted by molar-refractivity contribution is -0.132. The number of ether oxygens (including phenoxy) is 1. The van der Waals surface area contributed by atoms with Crippen molar-refractivity contribution in [3.8, 4) is 0 Å². The standard InChI is InChI=1S/C21H14Cl2N2O4/c1-24-18(26)19(25(21(24)28)13-9-10-16(22)17(23)11-13)29-20(27)15-8-4-6-12-5-2-3-7-14(12)15/h2-11,19H,1H3. The molecule has 4 rings (SSSR count). The Balaban J connectivity index is 1.71. The second-order valence-corrected chi connectivity index (χ2v) is 7.25. The predicted octanol–water partition coefficient (Wildman–Crippen LogP) is 4.73. The molecular weight excluding hydrogens is 415 g/mol. The zero-order chi connectivity index (χ0) is 20.7. The van der Waals surface area contributed by atoms with Crippen LogP contribution in [-0.2, 0) is 9.53 Å². The van der Waals surface area contributed by atoms with Gasteiger partial charge in [-0.1, -0.05) is 59.6 Å². The number of benzene rings is 3. The lowest BCUT2D eigenvalue weighted by Crippen LogP contribution is -2.39. The van der Waals surface area contributed by atoms with Crippen molar-refractivity contribution >= 4 is 57.6 Å². The number of nitrogens with zero attached hydrogens (tertiary/aromatic N) is 2. The lowest BCUT2D eigenvalue weighted by atomic mass is 10.0. The first-order valence-electron chi connectivity index (χ1n) is 8.63. The molecule has 0 N–H and O–H groups in total. The molecule has 29 heavy (non-hydrogen) atoms. The fourth-order valence-corrected chi connectivity index (χ4v) is 3.48. The van der Waals surface area contributed by atoms with E-state index in [1.807, 2.05) is 18.2 Å². The van der Waals surface area contributed by atoms with Crippen LogP contribution in [-0.4, -0.2) is 36.1 Å². The van der Waals surface area contributed by atoms with E-state index in [-0.39, 0.29) is 10.7 Å². The third kappa shape index (κ3) is 3.30. The molecule has 1 fully saturated rings. The van der Waals surface area contributed by atoms with Gasteiger partial charge in [0.2, 0.25) is 0 Å². The van der Waals surface area contributed by atoms with Crippen LogP contribution in [0.3, 0.4) is 0 Å². The highest BCUT2D eigenvalue weighted by atomic mass is 35.5. The average Bonchev–Trinajstić information content (AvgIpc) is 2.93. The van der Waals surface area contributed by atoms with E-state index in [9.17, 15) is 14.4 Å². The van der Waals surface area contributed by atoms with Crippen LogP contribution in [0.1, 0.15) is 10.4 Å². The van der Waals surface area contributed by atoms with Crippen LogP contribution < -0.4 is 4.90 Å². The van der Waals surface area contributed by atoms with Crippen molar-refractivity contribution in [2.75, 3.05) is 11.9 Å². The fraction of sp³-hybridized carbons (Fsp3) is 0.0952. The number of hydrogen-bond acceptors (Lipinski definition) is 4. The van der Waals surface area contributed by atoms with Crippen molar-refractivity contribution in [2.45, 2.75) is 6.23 Å². The van der Waals surface area contributed by atoms with Crippen molar-refractivity contribution in [1.29, 1.82) is 0 Å². The zero-order valence-electron chi connectivity index (χ0n) is 15.1. The van der Waals surface area contributed by atoms with Crippen molar-refractivity contribution < 1.29 is 19.1 Å². The van der Waals surface area contributed by atoms with Gasteiger partial charge in [0.05, 0.1) is 21.3 Å². The average molecular weight is 429 g/mol. The summed E-state index contributed by atoms with van der Waals surface area (Å²) in [6, 6.07) is 16.3. The molecule has 0 bridgehead atoms. The molecular formula is C21H14Cl2N2O4. The molecule has 0 radical (unpaired) electrons. The number of carbonyl (C=O) groups is 3. The summed E-state index contributed by atoms with van der Waals surface area (Å²) in [7, 11) is 1.32. The largest absolute Gasteiger partial charge is 0.428 e. The van der Waals surface area contributed by atoms with E-state index in [1.165, 1.54) is 25.2 Å². The highest BCUT2D eigenvalue weighted by Crippen LogP contribution is 2.32. The normalized spacial score (nSPS) is 16.6. The van der Waals surface area contributed by atoms with Crippen molar-refractivity contribution in [1.82, 2.24) is 4.90 Å². The summed E-state index contributed by atoms with van der Waals surface area (Å²) in [5, 5.41) is 2.05. The third-order valence-electron chi connectivity index (χ3n) is 4.68. The maximum Gasteiger partial charge on any atom is 0.341 e. The van der Waals surface area contributed by atoms with Crippen LogP contribution in [0.25, 0.3) is 10.8 Å². The smallest absolute Gasteiger partial charge is 0.341 e. The Kier molecular flexibility index (Phi) is 4.90. The van der Waals surface area contributed by atoms with Gasteiger partial charge < -0.3 is 4.74 Å². The molecule has 1 aliphatic heterocycles.